The third-order valence-electron chi connectivity index (χ3n) is 8.19. The topological polar surface area (TPSA) is 203 Å². The minimum absolute atomic E-state index is 0.0232. The summed E-state index contributed by atoms with van der Waals surface area (Å²) < 4.78 is 5.69. The molecule has 0 radical (unpaired) electrons. The number of carbonyl (C=O) groups excluding carboxylic acids is 3. The van der Waals surface area contributed by atoms with Gasteiger partial charge in [0.05, 0.1) is 12.5 Å². The number of aldehydes is 1. The van der Waals surface area contributed by atoms with E-state index in [1.165, 1.54) is 6.07 Å². The molecule has 1 heterocycles. The standard InChI is InChI=1S/C36H46ClN5O6/c1-23(10-16-30(45)25-13-17-31(46)26(20-25)18-19-43)6-5-9-28(44)22-48-29-14-11-24(12-15-29)7-3-2-4-8-27(38)21-32(47)33-35(39)42-36(40)34(37)41-33/h11-15,17,19-20,23,30,38,45-46H,2-10,16,18,21-22H2,1H3,(H4,39,40,42)/t23-,30+/m1/s1. The number of aliphatic hydroxyl groups excluding tert-OH is 1. The highest BCUT2D eigenvalue weighted by Gasteiger charge is 2.18. The maximum atomic E-state index is 12.4. The van der Waals surface area contributed by atoms with Gasteiger partial charge in [-0.1, -0.05) is 49.6 Å². The number of halogens is 1. The second kappa shape index (κ2) is 19.5. The maximum Gasteiger partial charge on any atom is 0.190 e. The number of nitrogen functional groups attached to an aromatic ring is 2. The van der Waals surface area contributed by atoms with E-state index in [2.05, 4.69) is 16.9 Å². The molecule has 0 aliphatic rings. The number of hydrogen-bond acceptors (Lipinski definition) is 11. The molecule has 0 saturated heterocycles. The van der Waals surface area contributed by atoms with Crippen molar-refractivity contribution in [1.29, 1.82) is 5.41 Å². The third kappa shape index (κ3) is 12.7. The van der Waals surface area contributed by atoms with Crippen molar-refractivity contribution in [2.45, 2.75) is 90.1 Å². The lowest BCUT2D eigenvalue weighted by molar-refractivity contribution is -0.121. The highest BCUT2D eigenvalue weighted by molar-refractivity contribution is 6.31. The molecular weight excluding hydrogens is 634 g/mol. The Morgan fingerprint density at radius 1 is 0.979 bits per heavy atom. The van der Waals surface area contributed by atoms with Crippen molar-refractivity contribution in [3.05, 3.63) is 70.0 Å². The number of aliphatic hydroxyl groups is 1. The number of aromatic nitrogens is 2. The molecule has 2 atom stereocenters. The van der Waals surface area contributed by atoms with Crippen LogP contribution in [0, 0.1) is 11.3 Å². The number of nitrogens with one attached hydrogen (secondary N) is 1. The van der Waals surface area contributed by atoms with E-state index in [1.54, 1.807) is 12.1 Å². The lowest BCUT2D eigenvalue weighted by atomic mass is 9.93. The molecular formula is C36H46ClN5O6. The van der Waals surface area contributed by atoms with Crippen LogP contribution in [0.1, 0.15) is 104 Å². The summed E-state index contributed by atoms with van der Waals surface area (Å²) in [5.74, 6) is 0.526. The number of phenols is 1. The van der Waals surface area contributed by atoms with E-state index in [9.17, 15) is 24.6 Å². The van der Waals surface area contributed by atoms with Gasteiger partial charge in [-0.2, -0.15) is 0 Å². The van der Waals surface area contributed by atoms with Gasteiger partial charge in [0.1, 0.15) is 24.4 Å². The molecule has 258 valence electrons. The number of benzene rings is 2. The van der Waals surface area contributed by atoms with Crippen molar-refractivity contribution in [3.63, 3.8) is 0 Å². The average Bonchev–Trinajstić information content (AvgIpc) is 3.05. The van der Waals surface area contributed by atoms with Crippen LogP contribution in [0.2, 0.25) is 5.15 Å². The number of nitrogens with two attached hydrogens (primary N) is 2. The highest BCUT2D eigenvalue weighted by Crippen LogP contribution is 2.27. The molecule has 7 N–H and O–H groups in total. The number of aromatic hydroxyl groups is 1. The zero-order valence-corrected chi connectivity index (χ0v) is 28.2. The summed E-state index contributed by atoms with van der Waals surface area (Å²) in [5.41, 5.74) is 13.8. The Balaban J connectivity index is 1.25. The number of Topliss-reactive ketones (excluding diaryl/α,β-unsaturated/α-hetero) is 2. The van der Waals surface area contributed by atoms with Crippen LogP contribution >= 0.6 is 11.6 Å². The molecule has 2 aromatic carbocycles. The lowest BCUT2D eigenvalue weighted by Crippen LogP contribution is -2.14. The Labute approximate surface area is 286 Å². The van der Waals surface area contributed by atoms with E-state index < -0.39 is 11.9 Å². The Bertz CT molecular complexity index is 1550. The molecule has 0 aliphatic heterocycles. The van der Waals surface area contributed by atoms with Gasteiger partial charge in [-0.25, -0.2) is 9.97 Å². The quantitative estimate of drug-likeness (QED) is 0.0342. The van der Waals surface area contributed by atoms with Gasteiger partial charge in [-0.05, 0) is 86.3 Å². The predicted octanol–water partition coefficient (Wildman–Crippen LogP) is 6.41. The fourth-order valence-electron chi connectivity index (χ4n) is 5.31. The number of hydrogen-bond donors (Lipinski definition) is 5. The minimum atomic E-state index is -0.677. The van der Waals surface area contributed by atoms with Crippen molar-refractivity contribution in [3.8, 4) is 11.5 Å². The fraction of sp³-hybridized carbons (Fsp3) is 0.444. The molecule has 1 aromatic heterocycles. The van der Waals surface area contributed by atoms with Crippen LogP contribution in [0.25, 0.3) is 0 Å². The molecule has 3 aromatic rings. The van der Waals surface area contributed by atoms with Crippen molar-refractivity contribution in [1.82, 2.24) is 9.97 Å². The van der Waals surface area contributed by atoms with Gasteiger partial charge >= 0.3 is 0 Å². The van der Waals surface area contributed by atoms with Gasteiger partial charge in [-0.3, -0.25) is 9.59 Å². The molecule has 11 nitrogen and oxygen atoms in total. The van der Waals surface area contributed by atoms with Gasteiger partial charge in [-0.15, -0.1) is 0 Å². The van der Waals surface area contributed by atoms with Crippen molar-refractivity contribution >= 4 is 46.8 Å². The maximum absolute atomic E-state index is 12.4. The van der Waals surface area contributed by atoms with Crippen LogP contribution in [0.3, 0.4) is 0 Å². The van der Waals surface area contributed by atoms with E-state index in [-0.39, 0.29) is 53.5 Å². The molecule has 3 rings (SSSR count). The molecule has 48 heavy (non-hydrogen) atoms. The molecule has 12 heteroatoms. The number of anilines is 2. The summed E-state index contributed by atoms with van der Waals surface area (Å²) >= 11 is 5.84. The van der Waals surface area contributed by atoms with Crippen molar-refractivity contribution < 1.29 is 29.3 Å². The molecule has 0 saturated carbocycles. The molecule has 0 fully saturated rings. The fourth-order valence-corrected chi connectivity index (χ4v) is 5.44. The number of rotatable bonds is 22. The normalized spacial score (nSPS) is 12.3. The molecule has 0 aliphatic carbocycles. The summed E-state index contributed by atoms with van der Waals surface area (Å²) in [4.78, 5) is 43.3. The van der Waals surface area contributed by atoms with Crippen LogP contribution in [0.5, 0.6) is 11.5 Å². The predicted molar refractivity (Wildman–Crippen MR) is 187 cm³/mol. The van der Waals surface area contributed by atoms with Crippen molar-refractivity contribution in [2.24, 2.45) is 5.92 Å². The van der Waals surface area contributed by atoms with Crippen molar-refractivity contribution in [2.75, 3.05) is 18.1 Å². The average molecular weight is 680 g/mol. The number of phenolic OH excluding ortho intramolecular Hbond substituents is 1. The van der Waals surface area contributed by atoms with E-state index in [4.69, 9.17) is 33.2 Å². The smallest absolute Gasteiger partial charge is 0.190 e. The van der Waals surface area contributed by atoms with Crippen LogP contribution in [0.15, 0.2) is 42.5 Å². The van der Waals surface area contributed by atoms with Crippen LogP contribution < -0.4 is 16.2 Å². The van der Waals surface area contributed by atoms with Crippen LogP contribution in [-0.2, 0) is 22.4 Å². The van der Waals surface area contributed by atoms with Crippen LogP contribution in [0.4, 0.5) is 11.6 Å². The Morgan fingerprint density at radius 3 is 2.46 bits per heavy atom. The first-order chi connectivity index (χ1) is 23.0. The molecule has 0 unspecified atom stereocenters. The zero-order chi connectivity index (χ0) is 35.1. The largest absolute Gasteiger partial charge is 0.508 e. The van der Waals surface area contributed by atoms with Gasteiger partial charge in [0.2, 0.25) is 0 Å². The third-order valence-corrected chi connectivity index (χ3v) is 8.47. The van der Waals surface area contributed by atoms with E-state index in [0.29, 0.717) is 47.8 Å². The number of ketones is 2. The molecule has 0 amide bonds. The summed E-state index contributed by atoms with van der Waals surface area (Å²) in [6.07, 6.45) is 7.43. The number of aryl methyl sites for hydroxylation is 1. The van der Waals surface area contributed by atoms with Gasteiger partial charge in [0, 0.05) is 24.1 Å². The summed E-state index contributed by atoms with van der Waals surface area (Å²) in [7, 11) is 0. The number of ether oxygens (including phenoxy) is 1. The first-order valence-electron chi connectivity index (χ1n) is 16.3. The number of carbonyl (C=O) groups is 3. The monoisotopic (exact) mass is 679 g/mol. The van der Waals surface area contributed by atoms with E-state index in [1.807, 2.05) is 24.3 Å². The van der Waals surface area contributed by atoms with Gasteiger partial charge in [0.25, 0.3) is 0 Å². The van der Waals surface area contributed by atoms with E-state index >= 15 is 0 Å². The summed E-state index contributed by atoms with van der Waals surface area (Å²) in [6, 6.07) is 12.6. The second-order valence-electron chi connectivity index (χ2n) is 12.2. The molecule has 0 spiro atoms. The summed E-state index contributed by atoms with van der Waals surface area (Å²) in [5, 5.41) is 28.4. The first-order valence-corrected chi connectivity index (χ1v) is 16.7. The summed E-state index contributed by atoms with van der Waals surface area (Å²) in [6.45, 7) is 2.13. The van der Waals surface area contributed by atoms with Crippen LogP contribution in [-0.4, -0.2) is 50.4 Å². The second-order valence-corrected chi connectivity index (χ2v) is 12.6. The Kier molecular flexibility index (Phi) is 15.5. The zero-order valence-electron chi connectivity index (χ0n) is 27.4. The Hall–Kier alpha value is -4.35. The van der Waals surface area contributed by atoms with Gasteiger partial charge in [0.15, 0.2) is 34.0 Å². The van der Waals surface area contributed by atoms with Gasteiger partial charge < -0.3 is 36.6 Å². The highest BCUT2D eigenvalue weighted by atomic mass is 35.5. The van der Waals surface area contributed by atoms with E-state index in [0.717, 1.165) is 56.8 Å². The minimum Gasteiger partial charge on any atom is -0.508 e. The molecule has 0 bridgehead atoms. The Morgan fingerprint density at radius 2 is 1.73 bits per heavy atom. The SMILES string of the molecule is C[C@H](CCCC(=O)COc1ccc(CCCCCC(=N)CC(=O)c2nc(Cl)c(N)nc2N)cc1)CC[C@H](O)c1ccc(O)c(CC=O)c1. The number of unbranched alkanes of at least 4 members (excludes halogenated alkanes) is 2. The lowest BCUT2D eigenvalue weighted by Gasteiger charge is -2.16. The number of nitrogens with zero attached hydrogens (tertiary/aromatic N) is 2. The first kappa shape index (κ1) is 38.1.